The molecule has 94 valence electrons. The lowest BCUT2D eigenvalue weighted by molar-refractivity contribution is 0.101. The van der Waals surface area contributed by atoms with Crippen LogP contribution in [-0.4, -0.2) is 49.5 Å². The second-order valence-corrected chi connectivity index (χ2v) is 7.85. The van der Waals surface area contributed by atoms with Gasteiger partial charge in [-0.2, -0.15) is 0 Å². The highest BCUT2D eigenvalue weighted by molar-refractivity contribution is 7.91. The Morgan fingerprint density at radius 1 is 1.38 bits per heavy atom. The minimum Gasteiger partial charge on any atom is -0.330 e. The van der Waals surface area contributed by atoms with Crippen LogP contribution in [0.15, 0.2) is 0 Å². The van der Waals surface area contributed by atoms with Gasteiger partial charge in [-0.25, -0.2) is 8.42 Å². The highest BCUT2D eigenvalue weighted by Gasteiger charge is 2.46. The maximum atomic E-state index is 11.5. The zero-order valence-electron chi connectivity index (χ0n) is 10.1. The number of sulfone groups is 1. The summed E-state index contributed by atoms with van der Waals surface area (Å²) in [6, 6.07) is 0.219. The first-order valence-electron chi connectivity index (χ1n) is 6.04. The lowest BCUT2D eigenvalue weighted by Gasteiger charge is -2.39. The molecule has 2 aliphatic rings. The van der Waals surface area contributed by atoms with Crippen molar-refractivity contribution in [2.45, 2.75) is 38.3 Å². The van der Waals surface area contributed by atoms with E-state index >= 15 is 0 Å². The van der Waals surface area contributed by atoms with Crippen LogP contribution in [0.5, 0.6) is 0 Å². The maximum Gasteiger partial charge on any atom is 0.151 e. The molecule has 2 heterocycles. The fourth-order valence-electron chi connectivity index (χ4n) is 3.25. The van der Waals surface area contributed by atoms with Gasteiger partial charge in [0.1, 0.15) is 0 Å². The van der Waals surface area contributed by atoms with E-state index in [1.54, 1.807) is 0 Å². The van der Waals surface area contributed by atoms with Gasteiger partial charge >= 0.3 is 0 Å². The monoisotopic (exact) mass is 246 g/mol. The van der Waals surface area contributed by atoms with Gasteiger partial charge in [-0.05, 0) is 45.7 Å². The molecular formula is C11H22N2O2S. The summed E-state index contributed by atoms with van der Waals surface area (Å²) >= 11 is 0. The Morgan fingerprint density at radius 3 is 2.50 bits per heavy atom. The summed E-state index contributed by atoms with van der Waals surface area (Å²) in [5.41, 5.74) is 5.83. The summed E-state index contributed by atoms with van der Waals surface area (Å²) < 4.78 is 23.0. The van der Waals surface area contributed by atoms with Crippen LogP contribution in [0.4, 0.5) is 0 Å². The lowest BCUT2D eigenvalue weighted by atomic mass is 9.88. The molecule has 16 heavy (non-hydrogen) atoms. The van der Waals surface area contributed by atoms with Gasteiger partial charge < -0.3 is 5.73 Å². The van der Waals surface area contributed by atoms with E-state index in [4.69, 9.17) is 5.73 Å². The Bertz CT molecular complexity index is 364. The number of hydrogen-bond acceptors (Lipinski definition) is 4. The number of nitrogens with zero attached hydrogens (tertiary/aromatic N) is 1. The molecule has 2 fully saturated rings. The largest absolute Gasteiger partial charge is 0.330 e. The molecule has 0 aromatic rings. The highest BCUT2D eigenvalue weighted by atomic mass is 32.2. The van der Waals surface area contributed by atoms with E-state index in [-0.39, 0.29) is 11.6 Å². The van der Waals surface area contributed by atoms with Gasteiger partial charge in [0.15, 0.2) is 9.84 Å². The first-order chi connectivity index (χ1) is 7.37. The van der Waals surface area contributed by atoms with E-state index < -0.39 is 9.84 Å². The molecule has 5 heteroatoms. The first kappa shape index (κ1) is 12.3. The Morgan fingerprint density at radius 2 is 2.06 bits per heavy atom. The average molecular weight is 246 g/mol. The smallest absolute Gasteiger partial charge is 0.151 e. The Hall–Kier alpha value is -0.130. The Kier molecular flexibility index (Phi) is 3.05. The molecule has 2 saturated heterocycles. The molecule has 0 aromatic carbocycles. The van der Waals surface area contributed by atoms with E-state index in [1.165, 1.54) is 0 Å². The van der Waals surface area contributed by atoms with Crippen LogP contribution in [0.1, 0.15) is 26.7 Å². The van der Waals surface area contributed by atoms with E-state index in [1.807, 2.05) is 0 Å². The zero-order valence-corrected chi connectivity index (χ0v) is 11.0. The van der Waals surface area contributed by atoms with Gasteiger partial charge in [0.2, 0.25) is 0 Å². The number of nitrogens with two attached hydrogens (primary N) is 1. The molecule has 2 rings (SSSR count). The van der Waals surface area contributed by atoms with Gasteiger partial charge in [0.05, 0.1) is 11.5 Å². The summed E-state index contributed by atoms with van der Waals surface area (Å²) in [6.45, 7) is 6.09. The van der Waals surface area contributed by atoms with Crippen molar-refractivity contribution in [1.29, 1.82) is 0 Å². The van der Waals surface area contributed by atoms with Crippen LogP contribution >= 0.6 is 0 Å². The molecule has 2 N–H and O–H groups in total. The maximum absolute atomic E-state index is 11.5. The summed E-state index contributed by atoms with van der Waals surface area (Å²) in [5.74, 6) is 1.20. The fourth-order valence-corrected chi connectivity index (χ4v) is 4.98. The standard InChI is InChI=1S/C11H22N2O2S/c1-11(2)9(7-12)3-5-13(11)10-4-6-16(14,15)8-10/h9-10H,3-8,12H2,1-2H3. The minimum atomic E-state index is -2.78. The molecule has 2 unspecified atom stereocenters. The van der Waals surface area contributed by atoms with Gasteiger partial charge in [0.25, 0.3) is 0 Å². The van der Waals surface area contributed by atoms with Crippen molar-refractivity contribution in [3.63, 3.8) is 0 Å². The SMILES string of the molecule is CC1(C)C(CN)CCN1C1CCS(=O)(=O)C1. The minimum absolute atomic E-state index is 0.0548. The van der Waals surface area contributed by atoms with Gasteiger partial charge in [-0.15, -0.1) is 0 Å². The van der Waals surface area contributed by atoms with Crippen LogP contribution < -0.4 is 5.73 Å². The summed E-state index contributed by atoms with van der Waals surface area (Å²) in [6.07, 6.45) is 1.89. The Labute approximate surface area is 98.1 Å². The van der Waals surface area contributed by atoms with Crippen LogP contribution in [-0.2, 0) is 9.84 Å². The van der Waals surface area contributed by atoms with E-state index in [9.17, 15) is 8.42 Å². The summed E-state index contributed by atoms with van der Waals surface area (Å²) in [4.78, 5) is 2.37. The molecule has 0 bridgehead atoms. The van der Waals surface area contributed by atoms with Crippen molar-refractivity contribution >= 4 is 9.84 Å². The van der Waals surface area contributed by atoms with Crippen molar-refractivity contribution < 1.29 is 8.42 Å². The van der Waals surface area contributed by atoms with E-state index in [2.05, 4.69) is 18.7 Å². The molecule has 2 atom stereocenters. The van der Waals surface area contributed by atoms with E-state index in [0.29, 0.717) is 24.0 Å². The number of likely N-dealkylation sites (tertiary alicyclic amines) is 1. The Balaban J connectivity index is 2.12. The van der Waals surface area contributed by atoms with Crippen molar-refractivity contribution in [2.24, 2.45) is 11.7 Å². The van der Waals surface area contributed by atoms with E-state index in [0.717, 1.165) is 19.4 Å². The average Bonchev–Trinajstić information content (AvgIpc) is 2.65. The molecule has 0 saturated carbocycles. The van der Waals surface area contributed by atoms with Crippen molar-refractivity contribution in [3.05, 3.63) is 0 Å². The van der Waals surface area contributed by atoms with Gasteiger partial charge in [-0.1, -0.05) is 0 Å². The fraction of sp³-hybridized carbons (Fsp3) is 1.00. The van der Waals surface area contributed by atoms with Crippen molar-refractivity contribution in [1.82, 2.24) is 4.90 Å². The molecule has 4 nitrogen and oxygen atoms in total. The molecule has 0 amide bonds. The van der Waals surface area contributed by atoms with Gasteiger partial charge in [0, 0.05) is 11.6 Å². The van der Waals surface area contributed by atoms with Crippen molar-refractivity contribution in [3.8, 4) is 0 Å². The van der Waals surface area contributed by atoms with Crippen LogP contribution in [0.2, 0.25) is 0 Å². The predicted molar refractivity (Wildman–Crippen MR) is 65.0 cm³/mol. The summed E-state index contributed by atoms with van der Waals surface area (Å²) in [5, 5.41) is 0. The molecular weight excluding hydrogens is 224 g/mol. The van der Waals surface area contributed by atoms with Crippen LogP contribution in [0, 0.1) is 5.92 Å². The van der Waals surface area contributed by atoms with Crippen LogP contribution in [0.25, 0.3) is 0 Å². The molecule has 0 aliphatic carbocycles. The molecule has 0 radical (unpaired) electrons. The molecule has 0 spiro atoms. The quantitative estimate of drug-likeness (QED) is 0.758. The molecule has 2 aliphatic heterocycles. The number of rotatable bonds is 2. The second kappa shape index (κ2) is 3.96. The summed E-state index contributed by atoms with van der Waals surface area (Å²) in [7, 11) is -2.78. The third kappa shape index (κ3) is 2.00. The van der Waals surface area contributed by atoms with Crippen molar-refractivity contribution in [2.75, 3.05) is 24.6 Å². The third-order valence-electron chi connectivity index (χ3n) is 4.39. The second-order valence-electron chi connectivity index (χ2n) is 5.63. The van der Waals surface area contributed by atoms with Gasteiger partial charge in [-0.3, -0.25) is 4.90 Å². The highest BCUT2D eigenvalue weighted by Crippen LogP contribution is 2.37. The zero-order chi connectivity index (χ0) is 12.0. The molecule has 0 aromatic heterocycles. The predicted octanol–water partition coefficient (Wildman–Crippen LogP) is 0.233. The normalized spacial score (nSPS) is 37.9. The van der Waals surface area contributed by atoms with Crippen LogP contribution in [0.3, 0.4) is 0 Å². The first-order valence-corrected chi connectivity index (χ1v) is 7.86. The third-order valence-corrected chi connectivity index (χ3v) is 6.14. The lowest BCUT2D eigenvalue weighted by Crippen LogP contribution is -2.50. The topological polar surface area (TPSA) is 63.4 Å². The number of hydrogen-bond donors (Lipinski definition) is 1.